The summed E-state index contributed by atoms with van der Waals surface area (Å²) in [7, 11) is -1.58. The van der Waals surface area contributed by atoms with Gasteiger partial charge in [0.25, 0.3) is 10.2 Å². The summed E-state index contributed by atoms with van der Waals surface area (Å²) < 4.78 is 27.7. The third-order valence-electron chi connectivity index (χ3n) is 3.31. The van der Waals surface area contributed by atoms with E-state index in [9.17, 15) is 8.42 Å². The van der Waals surface area contributed by atoms with E-state index in [4.69, 9.17) is 0 Å². The molecule has 0 unspecified atom stereocenters. The van der Waals surface area contributed by atoms with Gasteiger partial charge in [0.1, 0.15) is 0 Å². The highest BCUT2D eigenvalue weighted by molar-refractivity contribution is 7.86. The van der Waals surface area contributed by atoms with E-state index in [0.717, 1.165) is 19.5 Å². The lowest BCUT2D eigenvalue weighted by atomic mass is 10.4. The van der Waals surface area contributed by atoms with E-state index in [-0.39, 0.29) is 0 Å². The summed E-state index contributed by atoms with van der Waals surface area (Å²) in [6.07, 6.45) is 3.21. The molecule has 1 fully saturated rings. The molecule has 1 rings (SSSR count). The minimum Gasteiger partial charge on any atom is -0.317 e. The van der Waals surface area contributed by atoms with Crippen LogP contribution in [0.4, 0.5) is 0 Å². The van der Waals surface area contributed by atoms with Crippen LogP contribution in [0, 0.1) is 5.92 Å². The minimum absolute atomic E-state index is 0.566. The van der Waals surface area contributed by atoms with Gasteiger partial charge in [0.05, 0.1) is 0 Å². The molecule has 1 N–H and O–H groups in total. The van der Waals surface area contributed by atoms with Gasteiger partial charge in [-0.25, -0.2) is 0 Å². The highest BCUT2D eigenvalue weighted by atomic mass is 32.2. The van der Waals surface area contributed by atoms with Gasteiger partial charge in [-0.3, -0.25) is 0 Å². The first kappa shape index (κ1) is 15.9. The van der Waals surface area contributed by atoms with Gasteiger partial charge in [0.15, 0.2) is 0 Å². The fourth-order valence-corrected chi connectivity index (χ4v) is 3.37. The molecule has 108 valence electrons. The summed E-state index contributed by atoms with van der Waals surface area (Å²) in [5, 5.41) is 3.21. The maximum absolute atomic E-state index is 12.3. The Morgan fingerprint density at radius 3 is 2.44 bits per heavy atom. The molecule has 0 radical (unpaired) electrons. The van der Waals surface area contributed by atoms with Crippen LogP contribution in [0.25, 0.3) is 0 Å². The van der Waals surface area contributed by atoms with Crippen molar-refractivity contribution in [3.8, 4) is 0 Å². The number of hydrogen-bond acceptors (Lipinski definition) is 3. The largest absolute Gasteiger partial charge is 0.317 e. The molecule has 0 amide bonds. The lowest BCUT2D eigenvalue weighted by Crippen LogP contribution is -2.43. The molecule has 6 heteroatoms. The van der Waals surface area contributed by atoms with Crippen molar-refractivity contribution in [2.45, 2.75) is 33.1 Å². The molecule has 0 bridgehead atoms. The maximum atomic E-state index is 12.3. The maximum Gasteiger partial charge on any atom is 0.281 e. The Morgan fingerprint density at radius 2 is 1.94 bits per heavy atom. The Kier molecular flexibility index (Phi) is 6.55. The Balaban J connectivity index is 2.42. The molecular weight excluding hydrogens is 250 g/mol. The van der Waals surface area contributed by atoms with E-state index in [2.05, 4.69) is 12.2 Å². The van der Waals surface area contributed by atoms with Crippen LogP contribution in [0.1, 0.15) is 33.1 Å². The summed E-state index contributed by atoms with van der Waals surface area (Å²) in [6, 6.07) is 0. The molecule has 1 aliphatic rings. The molecule has 0 aromatic rings. The topological polar surface area (TPSA) is 52.7 Å². The standard InChI is InChI=1S/C12H27N3O2S/c1-4-13-9-6-10-14(3)18(16,17)15(5-2)11-12-7-8-12/h12-13H,4-11H2,1-3H3. The number of nitrogens with one attached hydrogen (secondary N) is 1. The van der Waals surface area contributed by atoms with Crippen LogP contribution in [-0.4, -0.2) is 56.8 Å². The highest BCUT2D eigenvalue weighted by Gasteiger charge is 2.31. The molecule has 5 nitrogen and oxygen atoms in total. The van der Waals surface area contributed by atoms with Crippen molar-refractivity contribution in [3.63, 3.8) is 0 Å². The van der Waals surface area contributed by atoms with E-state index in [0.29, 0.717) is 25.6 Å². The number of nitrogens with zero attached hydrogens (tertiary/aromatic N) is 2. The predicted octanol–water partition coefficient (Wildman–Crippen LogP) is 0.895. The molecule has 0 spiro atoms. The number of hydrogen-bond donors (Lipinski definition) is 1. The van der Waals surface area contributed by atoms with Gasteiger partial charge >= 0.3 is 0 Å². The van der Waals surface area contributed by atoms with Crippen LogP contribution in [0.15, 0.2) is 0 Å². The van der Waals surface area contributed by atoms with Crippen molar-refractivity contribution in [2.24, 2.45) is 5.92 Å². The van der Waals surface area contributed by atoms with Crippen LogP contribution in [0.3, 0.4) is 0 Å². The first-order valence-electron chi connectivity index (χ1n) is 6.94. The van der Waals surface area contributed by atoms with Crippen molar-refractivity contribution in [2.75, 3.05) is 39.8 Å². The van der Waals surface area contributed by atoms with Crippen molar-refractivity contribution < 1.29 is 8.42 Å². The molecule has 0 aromatic carbocycles. The van der Waals surface area contributed by atoms with Gasteiger partial charge in [-0.2, -0.15) is 17.0 Å². The van der Waals surface area contributed by atoms with Crippen molar-refractivity contribution in [1.82, 2.24) is 13.9 Å². The lowest BCUT2D eigenvalue weighted by molar-refractivity contribution is 0.356. The number of rotatable bonds is 10. The van der Waals surface area contributed by atoms with Crippen LogP contribution >= 0.6 is 0 Å². The van der Waals surface area contributed by atoms with E-state index >= 15 is 0 Å². The second-order valence-corrected chi connectivity index (χ2v) is 6.97. The predicted molar refractivity (Wildman–Crippen MR) is 74.7 cm³/mol. The fourth-order valence-electron chi connectivity index (χ4n) is 1.89. The molecule has 0 saturated heterocycles. The average Bonchev–Trinajstić information content (AvgIpc) is 3.15. The zero-order chi connectivity index (χ0) is 13.6. The first-order chi connectivity index (χ1) is 8.52. The molecule has 1 saturated carbocycles. The molecule has 0 aliphatic heterocycles. The van der Waals surface area contributed by atoms with Gasteiger partial charge in [-0.15, -0.1) is 0 Å². The summed E-state index contributed by atoms with van der Waals surface area (Å²) in [5.74, 6) is 0.592. The van der Waals surface area contributed by atoms with Crippen molar-refractivity contribution in [3.05, 3.63) is 0 Å². The SMILES string of the molecule is CCNCCCN(C)S(=O)(=O)N(CC)CC1CC1. The van der Waals surface area contributed by atoms with Crippen LogP contribution < -0.4 is 5.32 Å². The normalized spacial score (nSPS) is 16.7. The molecular formula is C12H27N3O2S. The van der Waals surface area contributed by atoms with Crippen LogP contribution in [0.5, 0.6) is 0 Å². The van der Waals surface area contributed by atoms with Gasteiger partial charge in [-0.05, 0) is 38.3 Å². The zero-order valence-corrected chi connectivity index (χ0v) is 12.7. The lowest BCUT2D eigenvalue weighted by Gasteiger charge is -2.26. The second kappa shape index (κ2) is 7.43. The monoisotopic (exact) mass is 277 g/mol. The summed E-state index contributed by atoms with van der Waals surface area (Å²) in [4.78, 5) is 0. The van der Waals surface area contributed by atoms with Crippen molar-refractivity contribution in [1.29, 1.82) is 0 Å². The average molecular weight is 277 g/mol. The smallest absolute Gasteiger partial charge is 0.281 e. The zero-order valence-electron chi connectivity index (χ0n) is 11.9. The highest BCUT2D eigenvalue weighted by Crippen LogP contribution is 2.30. The third kappa shape index (κ3) is 4.84. The van der Waals surface area contributed by atoms with Crippen molar-refractivity contribution >= 4 is 10.2 Å². The molecule has 18 heavy (non-hydrogen) atoms. The van der Waals surface area contributed by atoms with E-state index in [1.54, 1.807) is 11.4 Å². The summed E-state index contributed by atoms with van der Waals surface area (Å²) in [5.41, 5.74) is 0. The molecule has 0 heterocycles. The molecule has 0 aromatic heterocycles. The fraction of sp³-hybridized carbons (Fsp3) is 1.00. The summed E-state index contributed by atoms with van der Waals surface area (Å²) in [6.45, 7) is 7.59. The second-order valence-electron chi connectivity index (χ2n) is 4.93. The Bertz CT molecular complexity index is 328. The Labute approximate surface area is 112 Å². The Morgan fingerprint density at radius 1 is 1.28 bits per heavy atom. The third-order valence-corrected chi connectivity index (χ3v) is 5.34. The van der Waals surface area contributed by atoms with Gasteiger partial charge in [-0.1, -0.05) is 13.8 Å². The first-order valence-corrected chi connectivity index (χ1v) is 8.34. The van der Waals surface area contributed by atoms with Crippen LogP contribution in [0.2, 0.25) is 0 Å². The Hall–Kier alpha value is -0.170. The quantitative estimate of drug-likeness (QED) is 0.604. The van der Waals surface area contributed by atoms with E-state index < -0.39 is 10.2 Å². The molecule has 1 aliphatic carbocycles. The van der Waals surface area contributed by atoms with E-state index in [1.807, 2.05) is 6.92 Å². The van der Waals surface area contributed by atoms with Crippen LogP contribution in [-0.2, 0) is 10.2 Å². The van der Waals surface area contributed by atoms with Gasteiger partial charge < -0.3 is 5.32 Å². The van der Waals surface area contributed by atoms with Gasteiger partial charge in [0, 0.05) is 26.7 Å². The molecule has 0 atom stereocenters. The van der Waals surface area contributed by atoms with E-state index in [1.165, 1.54) is 17.1 Å². The summed E-state index contributed by atoms with van der Waals surface area (Å²) >= 11 is 0. The minimum atomic E-state index is -3.25. The van der Waals surface area contributed by atoms with Gasteiger partial charge in [0.2, 0.25) is 0 Å².